The molecule has 0 saturated heterocycles. The average molecular weight is 599 g/mol. The standard InChI is InChI=1S/C31H50O9S/c1-8-20-23-16-19(39-29(34)38-9-2)14-15-30(23,4)24-17-25(40-41(7,35)36)31(5)21(18(3)10-13-26(32)37-6)11-12-22(31)27(24)28(20)33/h18-25,27H,8-17H2,1-7H3/t18?,19-,20-,21-,22+,23+,24+,25+,27+,30+,31-/m1/s1. The Bertz CT molecular complexity index is 1100. The van der Waals surface area contributed by atoms with Crippen molar-refractivity contribution >= 4 is 28.0 Å². The Hall–Kier alpha value is -1.68. The topological polar surface area (TPSA) is 122 Å². The Labute approximate surface area is 245 Å². The minimum absolute atomic E-state index is 0.00593. The van der Waals surface area contributed by atoms with Crippen molar-refractivity contribution in [2.75, 3.05) is 20.0 Å². The molecule has 4 aliphatic carbocycles. The van der Waals surface area contributed by atoms with Crippen LogP contribution >= 0.6 is 0 Å². The molecule has 0 aromatic heterocycles. The van der Waals surface area contributed by atoms with Crippen LogP contribution in [0.5, 0.6) is 0 Å². The summed E-state index contributed by atoms with van der Waals surface area (Å²) < 4.78 is 46.8. The minimum atomic E-state index is -3.75. The number of Topliss-reactive ketones (excluding diaryl/α,β-unsaturated/α-hetero) is 1. The van der Waals surface area contributed by atoms with Gasteiger partial charge in [-0.05, 0) is 93.3 Å². The molecule has 0 N–H and O–H groups in total. The second-order valence-corrected chi connectivity index (χ2v) is 15.2. The van der Waals surface area contributed by atoms with Crippen molar-refractivity contribution in [1.82, 2.24) is 0 Å². The molecule has 4 fully saturated rings. The molecule has 0 aromatic rings. The summed E-state index contributed by atoms with van der Waals surface area (Å²) >= 11 is 0. The third kappa shape index (κ3) is 5.93. The fourth-order valence-corrected chi connectivity index (χ4v) is 10.6. The molecule has 11 atom stereocenters. The number of fused-ring (bicyclic) bond motifs is 5. The maximum absolute atomic E-state index is 14.5. The molecule has 4 aliphatic rings. The third-order valence-corrected chi connectivity index (χ3v) is 12.4. The molecular formula is C31H50O9S. The zero-order chi connectivity index (χ0) is 30.3. The van der Waals surface area contributed by atoms with Gasteiger partial charge in [-0.15, -0.1) is 0 Å². The van der Waals surface area contributed by atoms with Crippen LogP contribution in [0, 0.1) is 52.3 Å². The Kier molecular flexibility index (Phi) is 9.54. The normalized spacial score (nSPS) is 41.0. The van der Waals surface area contributed by atoms with Gasteiger partial charge in [-0.25, -0.2) is 4.79 Å². The van der Waals surface area contributed by atoms with Gasteiger partial charge in [0.05, 0.1) is 26.1 Å². The largest absolute Gasteiger partial charge is 0.508 e. The highest BCUT2D eigenvalue weighted by Crippen LogP contribution is 2.69. The van der Waals surface area contributed by atoms with Gasteiger partial charge in [-0.2, -0.15) is 8.42 Å². The lowest BCUT2D eigenvalue weighted by Gasteiger charge is -2.63. The predicted octanol–water partition coefficient (Wildman–Crippen LogP) is 5.55. The SMILES string of the molecule is CCOC(=O)O[C@@H]1CC[C@]2(C)[C@H]3C[C@H](OS(C)(=O)=O)[C@]4(C)[C@@H](C(C)CCC(=O)OC)CC[C@H]4[C@@H]3C(=O)[C@H](CC)[C@@H]2C1. The smallest absolute Gasteiger partial charge is 0.469 e. The van der Waals surface area contributed by atoms with E-state index in [1.807, 2.05) is 0 Å². The van der Waals surface area contributed by atoms with Gasteiger partial charge in [0.1, 0.15) is 11.9 Å². The molecule has 234 valence electrons. The fourth-order valence-electron chi connectivity index (χ4n) is 9.93. The maximum Gasteiger partial charge on any atom is 0.508 e. The molecule has 0 amide bonds. The number of ketones is 1. The number of methoxy groups -OCH3 is 1. The lowest BCUT2D eigenvalue weighted by molar-refractivity contribution is -0.189. The second-order valence-electron chi connectivity index (χ2n) is 13.6. The molecule has 41 heavy (non-hydrogen) atoms. The molecule has 1 unspecified atom stereocenters. The summed E-state index contributed by atoms with van der Waals surface area (Å²) in [5.41, 5.74) is -0.718. The zero-order valence-corrected chi connectivity index (χ0v) is 26.7. The summed E-state index contributed by atoms with van der Waals surface area (Å²) in [6.07, 6.45) is 5.58. The van der Waals surface area contributed by atoms with Gasteiger partial charge >= 0.3 is 12.1 Å². The van der Waals surface area contributed by atoms with Crippen molar-refractivity contribution in [3.05, 3.63) is 0 Å². The van der Waals surface area contributed by atoms with Gasteiger partial charge in [0, 0.05) is 23.7 Å². The first kappa shape index (κ1) is 32.2. The van der Waals surface area contributed by atoms with Gasteiger partial charge in [0.2, 0.25) is 0 Å². The van der Waals surface area contributed by atoms with Crippen LogP contribution in [-0.2, 0) is 38.1 Å². The van der Waals surface area contributed by atoms with Crippen LogP contribution in [0.1, 0.15) is 92.4 Å². The van der Waals surface area contributed by atoms with Crippen LogP contribution in [0.2, 0.25) is 0 Å². The summed E-state index contributed by atoms with van der Waals surface area (Å²) in [6, 6.07) is 0. The van der Waals surface area contributed by atoms with Crippen molar-refractivity contribution in [2.24, 2.45) is 52.3 Å². The molecule has 0 aliphatic heterocycles. The highest BCUT2D eigenvalue weighted by atomic mass is 32.2. The van der Waals surface area contributed by atoms with Gasteiger partial charge in [0.25, 0.3) is 10.1 Å². The van der Waals surface area contributed by atoms with E-state index in [-0.39, 0.29) is 71.3 Å². The molecule has 0 aromatic carbocycles. The number of carbonyl (C=O) groups is 3. The first-order chi connectivity index (χ1) is 19.2. The van der Waals surface area contributed by atoms with Crippen LogP contribution in [-0.4, -0.2) is 58.5 Å². The quantitative estimate of drug-likeness (QED) is 0.248. The number of ether oxygens (including phenoxy) is 3. The molecule has 0 bridgehead atoms. The van der Waals surface area contributed by atoms with Crippen LogP contribution in [0.25, 0.3) is 0 Å². The average Bonchev–Trinajstić information content (AvgIpc) is 3.26. The Morgan fingerprint density at radius 1 is 1.05 bits per heavy atom. The molecule has 9 nitrogen and oxygen atoms in total. The molecule has 4 saturated carbocycles. The lowest BCUT2D eigenvalue weighted by Crippen LogP contribution is -2.64. The van der Waals surface area contributed by atoms with Gasteiger partial charge in [-0.3, -0.25) is 13.8 Å². The second kappa shape index (κ2) is 12.1. The van der Waals surface area contributed by atoms with E-state index in [2.05, 4.69) is 27.7 Å². The van der Waals surface area contributed by atoms with Crippen molar-refractivity contribution in [2.45, 2.75) is 105 Å². The van der Waals surface area contributed by atoms with E-state index >= 15 is 0 Å². The zero-order valence-electron chi connectivity index (χ0n) is 25.8. The molecule has 0 heterocycles. The molecule has 0 radical (unpaired) electrons. The monoisotopic (exact) mass is 598 g/mol. The van der Waals surface area contributed by atoms with Crippen molar-refractivity contribution < 1.29 is 41.2 Å². The first-order valence-electron chi connectivity index (χ1n) is 15.5. The Balaban J connectivity index is 1.69. The summed E-state index contributed by atoms with van der Waals surface area (Å²) in [5.74, 6) is 0.0316. The number of carbonyl (C=O) groups excluding carboxylic acids is 3. The number of rotatable bonds is 9. The highest BCUT2D eigenvalue weighted by Gasteiger charge is 2.68. The Morgan fingerprint density at radius 2 is 1.76 bits per heavy atom. The minimum Gasteiger partial charge on any atom is -0.469 e. The van der Waals surface area contributed by atoms with Crippen LogP contribution in [0.4, 0.5) is 4.79 Å². The predicted molar refractivity (Wildman–Crippen MR) is 152 cm³/mol. The van der Waals surface area contributed by atoms with Gasteiger partial charge in [0.15, 0.2) is 0 Å². The number of hydrogen-bond donors (Lipinski definition) is 0. The van der Waals surface area contributed by atoms with Crippen molar-refractivity contribution in [3.63, 3.8) is 0 Å². The van der Waals surface area contributed by atoms with Crippen molar-refractivity contribution in [3.8, 4) is 0 Å². The summed E-state index contributed by atoms with van der Waals surface area (Å²) in [7, 11) is -2.36. The third-order valence-electron chi connectivity index (χ3n) is 11.8. The molecule has 4 rings (SSSR count). The van der Waals surface area contributed by atoms with Gasteiger partial charge < -0.3 is 14.2 Å². The van der Waals surface area contributed by atoms with E-state index in [9.17, 15) is 22.8 Å². The van der Waals surface area contributed by atoms with Crippen LogP contribution in [0.15, 0.2) is 0 Å². The Morgan fingerprint density at radius 3 is 2.37 bits per heavy atom. The van der Waals surface area contributed by atoms with Gasteiger partial charge in [-0.1, -0.05) is 27.7 Å². The van der Waals surface area contributed by atoms with E-state index in [1.54, 1.807) is 6.92 Å². The van der Waals surface area contributed by atoms with E-state index in [4.69, 9.17) is 18.4 Å². The lowest BCUT2D eigenvalue weighted by atomic mass is 9.41. The van der Waals surface area contributed by atoms with E-state index < -0.39 is 27.8 Å². The van der Waals surface area contributed by atoms with E-state index in [1.165, 1.54) is 7.11 Å². The maximum atomic E-state index is 14.5. The molecular weight excluding hydrogens is 548 g/mol. The van der Waals surface area contributed by atoms with Crippen molar-refractivity contribution in [1.29, 1.82) is 0 Å². The highest BCUT2D eigenvalue weighted by molar-refractivity contribution is 7.86. The number of esters is 1. The number of hydrogen-bond acceptors (Lipinski definition) is 9. The van der Waals surface area contributed by atoms with Crippen LogP contribution < -0.4 is 0 Å². The molecule has 0 spiro atoms. The summed E-state index contributed by atoms with van der Waals surface area (Å²) in [4.78, 5) is 38.5. The fraction of sp³-hybridized carbons (Fsp3) is 0.903. The molecule has 10 heteroatoms. The first-order valence-corrected chi connectivity index (χ1v) is 17.3. The summed E-state index contributed by atoms with van der Waals surface area (Å²) in [5, 5.41) is 0. The van der Waals surface area contributed by atoms with Crippen LogP contribution in [0.3, 0.4) is 0 Å². The van der Waals surface area contributed by atoms with E-state index in [0.717, 1.165) is 31.9 Å². The van der Waals surface area contributed by atoms with E-state index in [0.29, 0.717) is 32.1 Å². The summed E-state index contributed by atoms with van der Waals surface area (Å²) in [6.45, 7) is 10.6.